The molecule has 0 aromatic heterocycles. The zero-order chi connectivity index (χ0) is 15.8. The van der Waals surface area contributed by atoms with Crippen LogP contribution in [0.4, 0.5) is 0 Å². The summed E-state index contributed by atoms with van der Waals surface area (Å²) in [6.45, 7) is 2.81. The number of fused-ring (bicyclic) bond motifs is 1. The van der Waals surface area contributed by atoms with E-state index in [2.05, 4.69) is 4.90 Å². The average Bonchev–Trinajstić information content (AvgIpc) is 2.93. The van der Waals surface area contributed by atoms with E-state index in [0.717, 1.165) is 24.4 Å². The Hall–Kier alpha value is -1.59. The molecule has 23 heavy (non-hydrogen) atoms. The van der Waals surface area contributed by atoms with Crippen LogP contribution in [0.1, 0.15) is 24.8 Å². The maximum Gasteiger partial charge on any atom is 0.249 e. The third-order valence-electron chi connectivity index (χ3n) is 5.51. The lowest BCUT2D eigenvalue weighted by Crippen LogP contribution is -2.53. The van der Waals surface area contributed by atoms with Crippen molar-refractivity contribution in [3.05, 3.63) is 29.8 Å². The molecule has 3 aliphatic rings. The van der Waals surface area contributed by atoms with Gasteiger partial charge in [-0.3, -0.25) is 9.69 Å². The molecule has 1 amide bonds. The molecule has 5 heteroatoms. The number of benzene rings is 1. The molecule has 1 saturated carbocycles. The van der Waals surface area contributed by atoms with Gasteiger partial charge in [0.15, 0.2) is 0 Å². The molecule has 1 aromatic carbocycles. The number of hydrogen-bond donors (Lipinski definition) is 0. The lowest BCUT2D eigenvalue weighted by molar-refractivity contribution is -0.153. The van der Waals surface area contributed by atoms with Crippen molar-refractivity contribution in [3.8, 4) is 5.75 Å². The number of rotatable bonds is 4. The zero-order valence-corrected chi connectivity index (χ0v) is 13.6. The van der Waals surface area contributed by atoms with Gasteiger partial charge in [-0.25, -0.2) is 0 Å². The summed E-state index contributed by atoms with van der Waals surface area (Å²) >= 11 is 0. The second-order valence-electron chi connectivity index (χ2n) is 6.83. The number of carbonyl (C=O) groups excluding carboxylic acids is 1. The van der Waals surface area contributed by atoms with Gasteiger partial charge >= 0.3 is 0 Å². The van der Waals surface area contributed by atoms with Crippen molar-refractivity contribution in [3.63, 3.8) is 0 Å². The molecule has 4 rings (SSSR count). The first-order valence-electron chi connectivity index (χ1n) is 8.52. The van der Waals surface area contributed by atoms with E-state index in [-0.39, 0.29) is 24.7 Å². The molecule has 0 N–H and O–H groups in total. The summed E-state index contributed by atoms with van der Waals surface area (Å²) in [5.74, 6) is 0.953. The summed E-state index contributed by atoms with van der Waals surface area (Å²) in [5.41, 5.74) is 1.14. The van der Waals surface area contributed by atoms with Crippen molar-refractivity contribution in [2.24, 2.45) is 0 Å². The standard InChI is InChI=1S/C18H24N2O3/c1-22-15-7-5-13(6-8-15)9-20-16-10-19(14-3-2-4-14)11-17(16)23-12-18(20)21/h5-8,14,16-17H,2-4,9-12H2,1H3. The van der Waals surface area contributed by atoms with Crippen LogP contribution in [-0.2, 0) is 16.1 Å². The van der Waals surface area contributed by atoms with Crippen LogP contribution in [0.25, 0.3) is 0 Å². The van der Waals surface area contributed by atoms with E-state index in [4.69, 9.17) is 9.47 Å². The van der Waals surface area contributed by atoms with E-state index in [1.807, 2.05) is 29.2 Å². The first-order chi connectivity index (χ1) is 11.2. The Labute approximate surface area is 137 Å². The Bertz CT molecular complexity index is 570. The van der Waals surface area contributed by atoms with Crippen LogP contribution in [0.5, 0.6) is 5.75 Å². The molecular weight excluding hydrogens is 292 g/mol. The fraction of sp³-hybridized carbons (Fsp3) is 0.611. The molecular formula is C18H24N2O3. The van der Waals surface area contributed by atoms with Crippen LogP contribution in [-0.4, -0.2) is 60.7 Å². The summed E-state index contributed by atoms with van der Waals surface area (Å²) in [6.07, 6.45) is 4.11. The largest absolute Gasteiger partial charge is 0.497 e. The molecule has 3 fully saturated rings. The third kappa shape index (κ3) is 2.83. The Morgan fingerprint density at radius 2 is 2.00 bits per heavy atom. The second-order valence-corrected chi connectivity index (χ2v) is 6.83. The predicted octanol–water partition coefficient (Wildman–Crippen LogP) is 1.66. The molecule has 2 unspecified atom stereocenters. The van der Waals surface area contributed by atoms with Crippen LogP contribution in [0.2, 0.25) is 0 Å². The highest BCUT2D eigenvalue weighted by molar-refractivity contribution is 5.78. The van der Waals surface area contributed by atoms with E-state index in [9.17, 15) is 4.79 Å². The molecule has 2 heterocycles. The lowest BCUT2D eigenvalue weighted by atomic mass is 9.92. The SMILES string of the molecule is COc1ccc(CN2C(=O)COC3CN(C4CCC4)CC32)cc1. The maximum absolute atomic E-state index is 12.4. The van der Waals surface area contributed by atoms with Crippen LogP contribution < -0.4 is 4.74 Å². The van der Waals surface area contributed by atoms with Gasteiger partial charge in [-0.2, -0.15) is 0 Å². The number of nitrogens with zero attached hydrogens (tertiary/aromatic N) is 2. The van der Waals surface area contributed by atoms with Gasteiger partial charge in [0.2, 0.25) is 5.91 Å². The summed E-state index contributed by atoms with van der Waals surface area (Å²) in [5, 5.41) is 0. The van der Waals surface area contributed by atoms with Gasteiger partial charge in [-0.15, -0.1) is 0 Å². The monoisotopic (exact) mass is 316 g/mol. The minimum Gasteiger partial charge on any atom is -0.497 e. The topological polar surface area (TPSA) is 42.0 Å². The smallest absolute Gasteiger partial charge is 0.249 e. The Balaban J connectivity index is 1.47. The van der Waals surface area contributed by atoms with Gasteiger partial charge < -0.3 is 14.4 Å². The predicted molar refractivity (Wildman–Crippen MR) is 86.3 cm³/mol. The first-order valence-corrected chi connectivity index (χ1v) is 8.52. The number of likely N-dealkylation sites (tertiary alicyclic amines) is 1. The number of carbonyl (C=O) groups is 1. The zero-order valence-electron chi connectivity index (χ0n) is 13.6. The van der Waals surface area contributed by atoms with Crippen molar-refractivity contribution in [2.45, 2.75) is 44.0 Å². The van der Waals surface area contributed by atoms with Crippen LogP contribution in [0, 0.1) is 0 Å². The van der Waals surface area contributed by atoms with Gasteiger partial charge in [0.05, 0.1) is 19.3 Å². The highest BCUT2D eigenvalue weighted by Crippen LogP contribution is 2.32. The number of ether oxygens (including phenoxy) is 2. The molecule has 1 aromatic rings. The minimum atomic E-state index is 0.109. The minimum absolute atomic E-state index is 0.109. The second kappa shape index (κ2) is 6.13. The van der Waals surface area contributed by atoms with Gasteiger partial charge in [0.25, 0.3) is 0 Å². The van der Waals surface area contributed by atoms with E-state index >= 15 is 0 Å². The fourth-order valence-electron chi connectivity index (χ4n) is 3.88. The highest BCUT2D eigenvalue weighted by Gasteiger charge is 2.45. The average molecular weight is 316 g/mol. The third-order valence-corrected chi connectivity index (χ3v) is 5.51. The Morgan fingerprint density at radius 3 is 2.65 bits per heavy atom. The van der Waals surface area contributed by atoms with Crippen molar-refractivity contribution in [1.82, 2.24) is 9.80 Å². The number of hydrogen-bond acceptors (Lipinski definition) is 4. The molecule has 2 aliphatic heterocycles. The number of morpholine rings is 1. The van der Waals surface area contributed by atoms with Crippen molar-refractivity contribution in [1.29, 1.82) is 0 Å². The Morgan fingerprint density at radius 1 is 1.22 bits per heavy atom. The Kier molecular flexibility index (Phi) is 3.99. The lowest BCUT2D eigenvalue weighted by Gasteiger charge is -2.37. The summed E-state index contributed by atoms with van der Waals surface area (Å²) in [4.78, 5) is 16.9. The highest BCUT2D eigenvalue weighted by atomic mass is 16.5. The molecule has 0 spiro atoms. The van der Waals surface area contributed by atoms with E-state index in [1.54, 1.807) is 7.11 Å². The number of methoxy groups -OCH3 is 1. The maximum atomic E-state index is 12.4. The van der Waals surface area contributed by atoms with Crippen LogP contribution in [0.15, 0.2) is 24.3 Å². The molecule has 2 atom stereocenters. The molecule has 5 nitrogen and oxygen atoms in total. The summed E-state index contributed by atoms with van der Waals surface area (Å²) in [7, 11) is 1.67. The van der Waals surface area contributed by atoms with Gasteiger partial charge in [0, 0.05) is 25.7 Å². The molecule has 0 bridgehead atoms. The van der Waals surface area contributed by atoms with Crippen molar-refractivity contribution < 1.29 is 14.3 Å². The first kappa shape index (κ1) is 15.0. The molecule has 0 radical (unpaired) electrons. The van der Waals surface area contributed by atoms with Gasteiger partial charge in [-0.05, 0) is 30.5 Å². The molecule has 1 aliphatic carbocycles. The fourth-order valence-corrected chi connectivity index (χ4v) is 3.88. The summed E-state index contributed by atoms with van der Waals surface area (Å²) < 4.78 is 11.0. The molecule has 124 valence electrons. The van der Waals surface area contributed by atoms with Gasteiger partial charge in [-0.1, -0.05) is 18.6 Å². The van der Waals surface area contributed by atoms with E-state index in [1.165, 1.54) is 19.3 Å². The van der Waals surface area contributed by atoms with E-state index in [0.29, 0.717) is 12.6 Å². The molecule has 2 saturated heterocycles. The summed E-state index contributed by atoms with van der Waals surface area (Å²) in [6, 6.07) is 8.88. The van der Waals surface area contributed by atoms with Gasteiger partial charge in [0.1, 0.15) is 12.4 Å². The van der Waals surface area contributed by atoms with Crippen molar-refractivity contribution >= 4 is 5.91 Å². The van der Waals surface area contributed by atoms with Crippen molar-refractivity contribution in [2.75, 3.05) is 26.8 Å². The van der Waals surface area contributed by atoms with Crippen LogP contribution >= 0.6 is 0 Å². The van der Waals surface area contributed by atoms with Crippen LogP contribution in [0.3, 0.4) is 0 Å². The quantitative estimate of drug-likeness (QED) is 0.847. The van der Waals surface area contributed by atoms with E-state index < -0.39 is 0 Å². The number of amides is 1. The normalized spacial score (nSPS) is 28.6.